The van der Waals surface area contributed by atoms with Crippen LogP contribution >= 0.6 is 27.5 Å². The van der Waals surface area contributed by atoms with Crippen LogP contribution in [0.15, 0.2) is 34.8 Å². The van der Waals surface area contributed by atoms with Crippen LogP contribution < -0.4 is 4.74 Å². The van der Waals surface area contributed by atoms with Crippen molar-refractivity contribution < 1.29 is 4.74 Å². The van der Waals surface area contributed by atoms with Crippen LogP contribution in [0.1, 0.15) is 31.3 Å². The second-order valence-corrected chi connectivity index (χ2v) is 5.54. The summed E-state index contributed by atoms with van der Waals surface area (Å²) in [4.78, 5) is 8.69. The number of rotatable bonds is 4. The number of hydrogen-bond acceptors (Lipinski definition) is 3. The van der Waals surface area contributed by atoms with Gasteiger partial charge in [-0.3, -0.25) is 0 Å². The standard InChI is InChI=1S/C14H14BrClN2O/c1-9(2)13-12(15)14(16)18-11(17-13)8-19-10-6-4-3-5-7-10/h3-7,9H,8H2,1-2H3. The van der Waals surface area contributed by atoms with Gasteiger partial charge in [-0.25, -0.2) is 9.97 Å². The van der Waals surface area contributed by atoms with E-state index in [-0.39, 0.29) is 5.92 Å². The first-order valence-corrected chi connectivity index (χ1v) is 7.14. The molecule has 0 fully saturated rings. The third kappa shape index (κ3) is 3.67. The Labute approximate surface area is 126 Å². The molecular weight excluding hydrogens is 328 g/mol. The van der Waals surface area contributed by atoms with E-state index < -0.39 is 0 Å². The Bertz CT molecular complexity index is 561. The molecular formula is C14H14BrClN2O. The zero-order valence-electron chi connectivity index (χ0n) is 10.7. The van der Waals surface area contributed by atoms with Crippen LogP contribution in [-0.2, 0) is 6.61 Å². The fourth-order valence-corrected chi connectivity index (χ4v) is 2.42. The van der Waals surface area contributed by atoms with Crippen LogP contribution in [0.2, 0.25) is 5.15 Å². The van der Waals surface area contributed by atoms with Crippen molar-refractivity contribution in [2.75, 3.05) is 0 Å². The fraction of sp³-hybridized carbons (Fsp3) is 0.286. The number of aromatic nitrogens is 2. The minimum Gasteiger partial charge on any atom is -0.486 e. The highest BCUT2D eigenvalue weighted by Gasteiger charge is 2.13. The van der Waals surface area contributed by atoms with E-state index in [0.717, 1.165) is 15.9 Å². The van der Waals surface area contributed by atoms with Gasteiger partial charge in [-0.2, -0.15) is 0 Å². The molecule has 0 amide bonds. The van der Waals surface area contributed by atoms with Gasteiger partial charge in [-0.05, 0) is 34.0 Å². The van der Waals surface area contributed by atoms with Crippen LogP contribution in [0, 0.1) is 0 Å². The predicted octanol–water partition coefficient (Wildman–Crippen LogP) is 4.59. The maximum absolute atomic E-state index is 6.09. The number of benzene rings is 1. The molecule has 5 heteroatoms. The van der Waals surface area contributed by atoms with E-state index in [0.29, 0.717) is 17.6 Å². The Morgan fingerprint density at radius 2 is 1.89 bits per heavy atom. The van der Waals surface area contributed by atoms with E-state index in [1.807, 2.05) is 30.3 Å². The van der Waals surface area contributed by atoms with Gasteiger partial charge in [0.05, 0.1) is 10.2 Å². The number of ether oxygens (including phenoxy) is 1. The normalized spacial score (nSPS) is 10.8. The highest BCUT2D eigenvalue weighted by atomic mass is 79.9. The maximum atomic E-state index is 6.09. The van der Waals surface area contributed by atoms with Gasteiger partial charge < -0.3 is 4.74 Å². The molecule has 0 radical (unpaired) electrons. The highest BCUT2D eigenvalue weighted by molar-refractivity contribution is 9.10. The first kappa shape index (κ1) is 14.3. The van der Waals surface area contributed by atoms with Gasteiger partial charge in [0.25, 0.3) is 0 Å². The quantitative estimate of drug-likeness (QED) is 0.763. The highest BCUT2D eigenvalue weighted by Crippen LogP contribution is 2.28. The summed E-state index contributed by atoms with van der Waals surface area (Å²) in [6.07, 6.45) is 0. The number of nitrogens with zero attached hydrogens (tertiary/aromatic N) is 2. The van der Waals surface area contributed by atoms with Crippen molar-refractivity contribution in [3.8, 4) is 5.75 Å². The Balaban J connectivity index is 2.17. The molecule has 0 spiro atoms. The molecule has 0 aliphatic rings. The second kappa shape index (κ2) is 6.35. The van der Waals surface area contributed by atoms with Crippen molar-refractivity contribution in [2.45, 2.75) is 26.4 Å². The molecule has 3 nitrogen and oxygen atoms in total. The Morgan fingerprint density at radius 1 is 1.21 bits per heavy atom. The van der Waals surface area contributed by atoms with Crippen molar-refractivity contribution in [1.29, 1.82) is 0 Å². The van der Waals surface area contributed by atoms with Gasteiger partial charge in [0.15, 0.2) is 5.82 Å². The molecule has 0 saturated heterocycles. The average molecular weight is 342 g/mol. The van der Waals surface area contributed by atoms with Crippen LogP contribution in [0.5, 0.6) is 5.75 Å². The van der Waals surface area contributed by atoms with E-state index in [2.05, 4.69) is 39.7 Å². The largest absolute Gasteiger partial charge is 0.486 e. The first-order chi connectivity index (χ1) is 9.08. The summed E-state index contributed by atoms with van der Waals surface area (Å²) in [5.41, 5.74) is 0.895. The molecule has 1 aromatic heterocycles. The zero-order valence-corrected chi connectivity index (χ0v) is 13.1. The zero-order chi connectivity index (χ0) is 13.8. The summed E-state index contributed by atoms with van der Waals surface area (Å²) >= 11 is 9.50. The lowest BCUT2D eigenvalue weighted by molar-refractivity contribution is 0.295. The van der Waals surface area contributed by atoms with Crippen LogP contribution in [0.4, 0.5) is 0 Å². The molecule has 1 aromatic carbocycles. The molecule has 0 aliphatic carbocycles. The molecule has 1 heterocycles. The van der Waals surface area contributed by atoms with Crippen LogP contribution in [0.3, 0.4) is 0 Å². The van der Waals surface area contributed by atoms with Gasteiger partial charge in [0.1, 0.15) is 17.5 Å². The van der Waals surface area contributed by atoms with E-state index in [1.54, 1.807) is 0 Å². The summed E-state index contributed by atoms with van der Waals surface area (Å²) in [7, 11) is 0. The lowest BCUT2D eigenvalue weighted by Crippen LogP contribution is -2.06. The third-order valence-electron chi connectivity index (χ3n) is 2.54. The average Bonchev–Trinajstić information content (AvgIpc) is 2.41. The number of halogens is 2. The summed E-state index contributed by atoms with van der Waals surface area (Å²) in [5.74, 6) is 1.64. The minimum atomic E-state index is 0.269. The van der Waals surface area contributed by atoms with Gasteiger partial charge in [-0.1, -0.05) is 43.6 Å². The summed E-state index contributed by atoms with van der Waals surface area (Å²) in [6.45, 7) is 4.42. The van der Waals surface area contributed by atoms with Crippen molar-refractivity contribution in [1.82, 2.24) is 9.97 Å². The summed E-state index contributed by atoms with van der Waals surface area (Å²) in [6, 6.07) is 9.57. The topological polar surface area (TPSA) is 35.0 Å². The lowest BCUT2D eigenvalue weighted by atomic mass is 10.1. The number of hydrogen-bond donors (Lipinski definition) is 0. The van der Waals surface area contributed by atoms with Gasteiger partial charge in [-0.15, -0.1) is 0 Å². The molecule has 2 aromatic rings. The molecule has 0 atom stereocenters. The van der Waals surface area contributed by atoms with Gasteiger partial charge >= 0.3 is 0 Å². The van der Waals surface area contributed by atoms with Crippen molar-refractivity contribution in [3.05, 3.63) is 51.5 Å². The van der Waals surface area contributed by atoms with E-state index >= 15 is 0 Å². The Morgan fingerprint density at radius 3 is 2.53 bits per heavy atom. The Kier molecular flexibility index (Phi) is 4.77. The molecule has 19 heavy (non-hydrogen) atoms. The smallest absolute Gasteiger partial charge is 0.168 e. The fourth-order valence-electron chi connectivity index (χ4n) is 1.59. The molecule has 2 rings (SSSR count). The molecule has 0 saturated carbocycles. The van der Waals surface area contributed by atoms with E-state index in [9.17, 15) is 0 Å². The Hall–Kier alpha value is -1.13. The number of para-hydroxylation sites is 1. The minimum absolute atomic E-state index is 0.269. The van der Waals surface area contributed by atoms with Gasteiger partial charge in [0, 0.05) is 0 Å². The van der Waals surface area contributed by atoms with E-state index in [1.165, 1.54) is 0 Å². The van der Waals surface area contributed by atoms with Gasteiger partial charge in [0.2, 0.25) is 0 Å². The van der Waals surface area contributed by atoms with Crippen LogP contribution in [-0.4, -0.2) is 9.97 Å². The molecule has 0 bridgehead atoms. The third-order valence-corrected chi connectivity index (χ3v) is 3.82. The van der Waals surface area contributed by atoms with Crippen LogP contribution in [0.25, 0.3) is 0 Å². The molecule has 0 unspecified atom stereocenters. The SMILES string of the molecule is CC(C)c1nc(COc2ccccc2)nc(Cl)c1Br. The maximum Gasteiger partial charge on any atom is 0.168 e. The summed E-state index contributed by atoms with van der Waals surface area (Å²) in [5, 5.41) is 0.422. The van der Waals surface area contributed by atoms with Crippen molar-refractivity contribution >= 4 is 27.5 Å². The molecule has 0 aliphatic heterocycles. The molecule has 100 valence electrons. The van der Waals surface area contributed by atoms with E-state index in [4.69, 9.17) is 16.3 Å². The van der Waals surface area contributed by atoms with Crippen molar-refractivity contribution in [3.63, 3.8) is 0 Å². The monoisotopic (exact) mass is 340 g/mol. The predicted molar refractivity (Wildman–Crippen MR) is 79.6 cm³/mol. The summed E-state index contributed by atoms with van der Waals surface area (Å²) < 4.78 is 6.38. The van der Waals surface area contributed by atoms with Crippen molar-refractivity contribution in [2.24, 2.45) is 0 Å². The first-order valence-electron chi connectivity index (χ1n) is 5.97. The molecule has 0 N–H and O–H groups in total. The lowest BCUT2D eigenvalue weighted by Gasteiger charge is -2.11. The second-order valence-electron chi connectivity index (χ2n) is 4.39.